The normalized spacial score (nSPS) is 15.9. The molecule has 2 N–H and O–H groups in total. The molecule has 1 saturated heterocycles. The number of rotatable bonds is 4. The lowest BCUT2D eigenvalue weighted by Crippen LogP contribution is -2.30. The maximum atomic E-state index is 13.9. The molecule has 1 aliphatic heterocycles. The van der Waals surface area contributed by atoms with Crippen LogP contribution >= 0.6 is 0 Å². The van der Waals surface area contributed by atoms with E-state index in [4.69, 9.17) is 4.74 Å². The Morgan fingerprint density at radius 2 is 2.07 bits per heavy atom. The minimum atomic E-state index is -0.549. The molecule has 1 aromatic heterocycles. The van der Waals surface area contributed by atoms with Crippen LogP contribution < -0.4 is 15.4 Å². The zero-order valence-corrected chi connectivity index (χ0v) is 14.6. The lowest BCUT2D eigenvalue weighted by atomic mass is 10.2. The first-order chi connectivity index (χ1) is 13.0. The summed E-state index contributed by atoms with van der Waals surface area (Å²) >= 11 is 0. The van der Waals surface area contributed by atoms with Gasteiger partial charge < -0.3 is 25.0 Å². The standard InChI is InChI=1S/C18H19FN4O4/c1-26-18(25)23-6-4-15(11-23)27-16-8-12(19)7-14(9-16)22-17(24)21-13-3-2-5-20-10-13/h2-3,5,7-10,15H,4,6,11H2,1H3,(H2,21,22,24)/t15-/m0/s1. The largest absolute Gasteiger partial charge is 0.488 e. The second-order valence-electron chi connectivity index (χ2n) is 5.94. The fraction of sp³-hybridized carbons (Fsp3) is 0.278. The maximum Gasteiger partial charge on any atom is 0.409 e. The van der Waals surface area contributed by atoms with Crippen LogP contribution in [0.2, 0.25) is 0 Å². The smallest absolute Gasteiger partial charge is 0.409 e. The SMILES string of the molecule is COC(=O)N1CC[C@H](Oc2cc(F)cc(NC(=O)Nc3cccnc3)c2)C1. The van der Waals surface area contributed by atoms with E-state index in [1.54, 1.807) is 18.3 Å². The average molecular weight is 374 g/mol. The van der Waals surface area contributed by atoms with Crippen molar-refractivity contribution in [2.75, 3.05) is 30.8 Å². The van der Waals surface area contributed by atoms with Gasteiger partial charge in [0.2, 0.25) is 0 Å². The molecular weight excluding hydrogens is 355 g/mol. The summed E-state index contributed by atoms with van der Waals surface area (Å²) in [5.74, 6) is -0.282. The highest BCUT2D eigenvalue weighted by Crippen LogP contribution is 2.24. The van der Waals surface area contributed by atoms with Gasteiger partial charge in [-0.2, -0.15) is 0 Å². The van der Waals surface area contributed by atoms with Crippen LogP contribution in [0.15, 0.2) is 42.7 Å². The van der Waals surface area contributed by atoms with Crippen molar-refractivity contribution < 1.29 is 23.5 Å². The lowest BCUT2D eigenvalue weighted by molar-refractivity contribution is 0.125. The first-order valence-corrected chi connectivity index (χ1v) is 8.31. The topological polar surface area (TPSA) is 92.8 Å². The van der Waals surface area contributed by atoms with E-state index in [-0.39, 0.29) is 17.5 Å². The number of amides is 3. The second kappa shape index (κ2) is 8.35. The van der Waals surface area contributed by atoms with Crippen LogP contribution in [-0.2, 0) is 4.74 Å². The third kappa shape index (κ3) is 5.06. The molecule has 1 fully saturated rings. The number of carbonyl (C=O) groups excluding carboxylic acids is 2. The number of likely N-dealkylation sites (tertiary alicyclic amines) is 1. The number of hydrogen-bond donors (Lipinski definition) is 2. The van der Waals surface area contributed by atoms with Crippen LogP contribution in [-0.4, -0.2) is 48.3 Å². The number of benzene rings is 1. The molecule has 0 saturated carbocycles. The number of hydrogen-bond acceptors (Lipinski definition) is 5. The summed E-state index contributed by atoms with van der Waals surface area (Å²) in [6.07, 6.45) is 2.99. The van der Waals surface area contributed by atoms with Crippen LogP contribution in [0.5, 0.6) is 5.75 Å². The highest BCUT2D eigenvalue weighted by Gasteiger charge is 2.28. The van der Waals surface area contributed by atoms with Gasteiger partial charge in [0, 0.05) is 37.0 Å². The van der Waals surface area contributed by atoms with Crippen LogP contribution in [0.4, 0.5) is 25.4 Å². The van der Waals surface area contributed by atoms with E-state index in [2.05, 4.69) is 20.4 Å². The molecular formula is C18H19FN4O4. The molecule has 0 aliphatic carbocycles. The minimum absolute atomic E-state index is 0.245. The summed E-state index contributed by atoms with van der Waals surface area (Å²) in [6, 6.07) is 6.77. The average Bonchev–Trinajstić information content (AvgIpc) is 3.09. The fourth-order valence-corrected chi connectivity index (χ4v) is 2.74. The van der Waals surface area contributed by atoms with Gasteiger partial charge in [0.1, 0.15) is 17.7 Å². The van der Waals surface area contributed by atoms with Gasteiger partial charge in [-0.3, -0.25) is 4.98 Å². The molecule has 1 aliphatic rings. The van der Waals surface area contributed by atoms with Gasteiger partial charge in [-0.25, -0.2) is 14.0 Å². The number of urea groups is 1. The number of carbonyl (C=O) groups is 2. The van der Waals surface area contributed by atoms with Crippen LogP contribution in [0.1, 0.15) is 6.42 Å². The first kappa shape index (κ1) is 18.4. The summed E-state index contributed by atoms with van der Waals surface area (Å²) in [4.78, 5) is 29.0. The number of nitrogens with one attached hydrogen (secondary N) is 2. The molecule has 9 heteroatoms. The zero-order chi connectivity index (χ0) is 19.2. The molecule has 0 radical (unpaired) electrons. The van der Waals surface area contributed by atoms with Gasteiger partial charge in [-0.1, -0.05) is 0 Å². The summed E-state index contributed by atoms with van der Waals surface area (Å²) < 4.78 is 24.3. The Morgan fingerprint density at radius 1 is 1.26 bits per heavy atom. The molecule has 8 nitrogen and oxygen atoms in total. The molecule has 3 amide bonds. The highest BCUT2D eigenvalue weighted by atomic mass is 19.1. The van der Waals surface area contributed by atoms with Crippen molar-refractivity contribution >= 4 is 23.5 Å². The molecule has 2 heterocycles. The predicted molar refractivity (Wildman–Crippen MR) is 96.3 cm³/mol. The summed E-state index contributed by atoms with van der Waals surface area (Å²) in [5, 5.41) is 5.14. The van der Waals surface area contributed by atoms with E-state index in [0.717, 1.165) is 0 Å². The second-order valence-corrected chi connectivity index (χ2v) is 5.94. The van der Waals surface area contributed by atoms with Gasteiger partial charge in [-0.15, -0.1) is 0 Å². The number of aromatic nitrogens is 1. The van der Waals surface area contributed by atoms with Crippen LogP contribution in [0.25, 0.3) is 0 Å². The molecule has 27 heavy (non-hydrogen) atoms. The molecule has 3 rings (SSSR count). The number of nitrogens with zero attached hydrogens (tertiary/aromatic N) is 2. The van der Waals surface area contributed by atoms with Crippen molar-refractivity contribution in [3.63, 3.8) is 0 Å². The number of halogens is 1. The molecule has 2 aromatic rings. The molecule has 1 aromatic carbocycles. The Hall–Kier alpha value is -3.36. The molecule has 1 atom stereocenters. The number of methoxy groups -OCH3 is 1. The Kier molecular flexibility index (Phi) is 5.70. The van der Waals surface area contributed by atoms with Gasteiger partial charge in [0.15, 0.2) is 0 Å². The van der Waals surface area contributed by atoms with E-state index in [1.807, 2.05) is 0 Å². The Labute approximate surface area is 155 Å². The molecule has 0 spiro atoms. The third-order valence-electron chi connectivity index (χ3n) is 3.93. The van der Waals surface area contributed by atoms with Crippen molar-refractivity contribution in [1.82, 2.24) is 9.88 Å². The lowest BCUT2D eigenvalue weighted by Gasteiger charge is -2.16. The van der Waals surface area contributed by atoms with Gasteiger partial charge in [0.05, 0.1) is 25.5 Å². The number of pyridine rings is 1. The summed E-state index contributed by atoms with van der Waals surface area (Å²) in [6.45, 7) is 0.860. The van der Waals surface area contributed by atoms with E-state index >= 15 is 0 Å². The maximum absolute atomic E-state index is 13.9. The molecule has 0 unspecified atom stereocenters. The third-order valence-corrected chi connectivity index (χ3v) is 3.93. The quantitative estimate of drug-likeness (QED) is 0.858. The molecule has 142 valence electrons. The highest BCUT2D eigenvalue weighted by molar-refractivity contribution is 5.99. The van der Waals surface area contributed by atoms with Crippen molar-refractivity contribution in [1.29, 1.82) is 0 Å². The monoisotopic (exact) mass is 374 g/mol. The van der Waals surface area contributed by atoms with Crippen molar-refractivity contribution in [2.24, 2.45) is 0 Å². The summed E-state index contributed by atoms with van der Waals surface area (Å²) in [5.41, 5.74) is 0.756. The predicted octanol–water partition coefficient (Wildman–Crippen LogP) is 3.08. The van der Waals surface area contributed by atoms with E-state index in [0.29, 0.717) is 25.2 Å². The fourth-order valence-electron chi connectivity index (χ4n) is 2.74. The Bertz CT molecular complexity index is 818. The molecule has 0 bridgehead atoms. The van der Waals surface area contributed by atoms with Gasteiger partial charge >= 0.3 is 12.1 Å². The van der Waals surface area contributed by atoms with Crippen molar-refractivity contribution in [3.8, 4) is 5.75 Å². The zero-order valence-electron chi connectivity index (χ0n) is 14.6. The van der Waals surface area contributed by atoms with Crippen LogP contribution in [0, 0.1) is 5.82 Å². The van der Waals surface area contributed by atoms with Crippen LogP contribution in [0.3, 0.4) is 0 Å². The van der Waals surface area contributed by atoms with Crippen molar-refractivity contribution in [2.45, 2.75) is 12.5 Å². The van der Waals surface area contributed by atoms with E-state index in [1.165, 1.54) is 36.4 Å². The first-order valence-electron chi connectivity index (χ1n) is 8.31. The van der Waals surface area contributed by atoms with Gasteiger partial charge in [-0.05, 0) is 18.2 Å². The Morgan fingerprint density at radius 3 is 2.81 bits per heavy atom. The number of anilines is 2. The van der Waals surface area contributed by atoms with Crippen molar-refractivity contribution in [3.05, 3.63) is 48.5 Å². The van der Waals surface area contributed by atoms with E-state index in [9.17, 15) is 14.0 Å². The van der Waals surface area contributed by atoms with E-state index < -0.39 is 17.9 Å². The summed E-state index contributed by atoms with van der Waals surface area (Å²) in [7, 11) is 1.32. The Balaban J connectivity index is 1.61. The number of ether oxygens (including phenoxy) is 2. The van der Waals surface area contributed by atoms with Gasteiger partial charge in [0.25, 0.3) is 0 Å². The minimum Gasteiger partial charge on any atom is -0.488 e.